The second-order valence-electron chi connectivity index (χ2n) is 7.98. The third kappa shape index (κ3) is 4.37. The number of halogens is 1. The number of barbiturate groups is 1. The fourth-order valence-corrected chi connectivity index (χ4v) is 4.17. The van der Waals surface area contributed by atoms with Crippen LogP contribution in [0.5, 0.6) is 0 Å². The van der Waals surface area contributed by atoms with E-state index in [0.29, 0.717) is 22.0 Å². The highest BCUT2D eigenvalue weighted by atomic mass is 35.5. The maximum atomic E-state index is 13.2. The molecule has 1 fully saturated rings. The Labute approximate surface area is 209 Å². The Bertz CT molecular complexity index is 1490. The summed E-state index contributed by atoms with van der Waals surface area (Å²) in [7, 11) is 0. The van der Waals surface area contributed by atoms with E-state index in [1.165, 1.54) is 30.3 Å². The minimum absolute atomic E-state index is 0.181. The fraction of sp³-hybridized carbons (Fsp3) is 0.0800. The van der Waals surface area contributed by atoms with Crippen LogP contribution in [0.4, 0.5) is 10.5 Å². The van der Waals surface area contributed by atoms with Crippen molar-refractivity contribution in [1.82, 2.24) is 9.88 Å². The number of anilines is 1. The van der Waals surface area contributed by atoms with Gasteiger partial charge in [0.25, 0.3) is 11.8 Å². The van der Waals surface area contributed by atoms with E-state index in [1.807, 2.05) is 0 Å². The Balaban J connectivity index is 1.81. The standard InChI is InChI=1S/C25H18ClN3O7/c1-12-6-14(13(2)28(12)19-8-15(23(32)33)7-16(9-19)24(34)35)10-20-21(30)27-25(36)29(22(20)31)18-5-3-4-17(26)11-18/h3-11H,1-2H3,(H,32,33)(H,34,35)(H,27,30,36)/b20-10+. The van der Waals surface area contributed by atoms with Gasteiger partial charge in [-0.05, 0) is 68.0 Å². The highest BCUT2D eigenvalue weighted by molar-refractivity contribution is 6.39. The summed E-state index contributed by atoms with van der Waals surface area (Å²) in [4.78, 5) is 62.0. The molecule has 0 spiro atoms. The van der Waals surface area contributed by atoms with Gasteiger partial charge in [0, 0.05) is 22.1 Å². The highest BCUT2D eigenvalue weighted by Gasteiger charge is 2.37. The van der Waals surface area contributed by atoms with Crippen molar-refractivity contribution >= 4 is 53.1 Å². The Morgan fingerprint density at radius 1 is 0.917 bits per heavy atom. The van der Waals surface area contributed by atoms with Crippen LogP contribution in [-0.2, 0) is 9.59 Å². The molecule has 0 unspecified atom stereocenters. The summed E-state index contributed by atoms with van der Waals surface area (Å²) in [5.74, 6) is -4.32. The van der Waals surface area contributed by atoms with Crippen molar-refractivity contribution in [1.29, 1.82) is 0 Å². The molecule has 1 saturated heterocycles. The maximum absolute atomic E-state index is 13.2. The Morgan fingerprint density at radius 3 is 2.14 bits per heavy atom. The molecule has 1 aromatic heterocycles. The molecule has 3 N–H and O–H groups in total. The number of imide groups is 2. The van der Waals surface area contributed by atoms with E-state index in [9.17, 15) is 34.2 Å². The van der Waals surface area contributed by atoms with Gasteiger partial charge in [-0.25, -0.2) is 19.3 Å². The number of hydrogen-bond donors (Lipinski definition) is 3. The maximum Gasteiger partial charge on any atom is 0.335 e. The van der Waals surface area contributed by atoms with E-state index < -0.39 is 29.8 Å². The van der Waals surface area contributed by atoms with Gasteiger partial charge in [0.1, 0.15) is 5.57 Å². The smallest absolute Gasteiger partial charge is 0.335 e. The molecule has 1 aliphatic heterocycles. The van der Waals surface area contributed by atoms with Crippen LogP contribution in [0.25, 0.3) is 11.8 Å². The lowest BCUT2D eigenvalue weighted by Crippen LogP contribution is -2.54. The van der Waals surface area contributed by atoms with Crippen LogP contribution in [0, 0.1) is 13.8 Å². The fourth-order valence-electron chi connectivity index (χ4n) is 3.98. The van der Waals surface area contributed by atoms with Gasteiger partial charge in [0.05, 0.1) is 16.8 Å². The Morgan fingerprint density at radius 2 is 1.56 bits per heavy atom. The molecule has 0 bridgehead atoms. The average molecular weight is 508 g/mol. The minimum Gasteiger partial charge on any atom is -0.478 e. The van der Waals surface area contributed by atoms with Crippen molar-refractivity contribution in [2.24, 2.45) is 0 Å². The van der Waals surface area contributed by atoms with Gasteiger partial charge < -0.3 is 14.8 Å². The second kappa shape index (κ2) is 9.16. The molecule has 10 nitrogen and oxygen atoms in total. The third-order valence-corrected chi connectivity index (χ3v) is 5.84. The van der Waals surface area contributed by atoms with Crippen LogP contribution in [-0.4, -0.2) is 44.6 Å². The normalized spacial score (nSPS) is 14.8. The molecule has 4 rings (SSSR count). The van der Waals surface area contributed by atoms with Gasteiger partial charge in [-0.3, -0.25) is 14.9 Å². The summed E-state index contributed by atoms with van der Waals surface area (Å²) in [6.07, 6.45) is 1.32. The monoisotopic (exact) mass is 507 g/mol. The molecule has 11 heteroatoms. The van der Waals surface area contributed by atoms with E-state index in [-0.39, 0.29) is 28.1 Å². The molecule has 182 valence electrons. The van der Waals surface area contributed by atoms with Crippen molar-refractivity contribution in [2.45, 2.75) is 13.8 Å². The van der Waals surface area contributed by atoms with E-state index in [0.717, 1.165) is 11.0 Å². The van der Waals surface area contributed by atoms with Crippen LogP contribution in [0.15, 0.2) is 54.1 Å². The van der Waals surface area contributed by atoms with Gasteiger partial charge >= 0.3 is 18.0 Å². The third-order valence-electron chi connectivity index (χ3n) is 5.61. The van der Waals surface area contributed by atoms with Gasteiger partial charge in [-0.15, -0.1) is 0 Å². The van der Waals surface area contributed by atoms with E-state index >= 15 is 0 Å². The zero-order chi connectivity index (χ0) is 26.3. The molecule has 2 heterocycles. The number of urea groups is 1. The summed E-state index contributed by atoms with van der Waals surface area (Å²) in [6.45, 7) is 3.37. The lowest BCUT2D eigenvalue weighted by Gasteiger charge is -2.26. The van der Waals surface area contributed by atoms with Gasteiger partial charge in [0.15, 0.2) is 0 Å². The lowest BCUT2D eigenvalue weighted by molar-refractivity contribution is -0.122. The predicted molar refractivity (Wildman–Crippen MR) is 130 cm³/mol. The van der Waals surface area contributed by atoms with Gasteiger partial charge in [-0.1, -0.05) is 17.7 Å². The zero-order valence-electron chi connectivity index (χ0n) is 18.9. The minimum atomic E-state index is -1.29. The first kappa shape index (κ1) is 24.4. The summed E-state index contributed by atoms with van der Waals surface area (Å²) in [5, 5.41) is 21.2. The van der Waals surface area contributed by atoms with Crippen molar-refractivity contribution in [3.63, 3.8) is 0 Å². The number of benzene rings is 2. The topological polar surface area (TPSA) is 146 Å². The largest absolute Gasteiger partial charge is 0.478 e. The SMILES string of the molecule is Cc1cc(/C=C2\C(=O)NC(=O)N(c3cccc(Cl)c3)C2=O)c(C)n1-c1cc(C(=O)O)cc(C(=O)O)c1. The molecule has 0 atom stereocenters. The number of nitrogens with zero attached hydrogens (tertiary/aromatic N) is 2. The number of carboxylic acid groups (broad SMARTS) is 2. The molecule has 36 heavy (non-hydrogen) atoms. The average Bonchev–Trinajstić information content (AvgIpc) is 3.08. The number of carbonyl (C=O) groups excluding carboxylic acids is 3. The van der Waals surface area contributed by atoms with Crippen molar-refractivity contribution < 1.29 is 34.2 Å². The van der Waals surface area contributed by atoms with Crippen LogP contribution in [0.3, 0.4) is 0 Å². The molecule has 1 aliphatic rings. The van der Waals surface area contributed by atoms with Crippen molar-refractivity contribution in [3.05, 3.63) is 87.2 Å². The first-order chi connectivity index (χ1) is 17.0. The van der Waals surface area contributed by atoms with Crippen molar-refractivity contribution in [2.75, 3.05) is 4.90 Å². The molecule has 0 saturated carbocycles. The number of carbonyl (C=O) groups is 5. The molecule has 4 amide bonds. The van der Waals surface area contributed by atoms with E-state index in [4.69, 9.17) is 11.6 Å². The second-order valence-corrected chi connectivity index (χ2v) is 8.41. The Hall–Kier alpha value is -4.70. The van der Waals surface area contributed by atoms with E-state index in [2.05, 4.69) is 5.32 Å². The summed E-state index contributed by atoms with van der Waals surface area (Å²) >= 11 is 5.99. The van der Waals surface area contributed by atoms with Crippen LogP contribution in [0.2, 0.25) is 5.02 Å². The summed E-state index contributed by atoms with van der Waals surface area (Å²) in [6, 6.07) is 10.5. The number of aryl methyl sites for hydroxylation is 1. The van der Waals surface area contributed by atoms with Gasteiger partial charge in [0.2, 0.25) is 0 Å². The summed E-state index contributed by atoms with van der Waals surface area (Å²) < 4.78 is 1.61. The number of hydrogen-bond acceptors (Lipinski definition) is 5. The van der Waals surface area contributed by atoms with Crippen LogP contribution < -0.4 is 10.2 Å². The number of nitrogens with one attached hydrogen (secondary N) is 1. The molecular formula is C25H18ClN3O7. The first-order valence-electron chi connectivity index (χ1n) is 10.5. The number of carboxylic acids is 2. The summed E-state index contributed by atoms with van der Waals surface area (Å²) in [5.41, 5.74) is 1.26. The molecule has 0 radical (unpaired) electrons. The number of aromatic carboxylic acids is 2. The molecule has 2 aromatic carbocycles. The molecule has 3 aromatic rings. The Kier molecular flexibility index (Phi) is 6.21. The lowest BCUT2D eigenvalue weighted by atomic mass is 10.1. The van der Waals surface area contributed by atoms with Gasteiger partial charge in [-0.2, -0.15) is 0 Å². The van der Waals surface area contributed by atoms with E-state index in [1.54, 1.807) is 36.6 Å². The molecular weight excluding hydrogens is 490 g/mol. The first-order valence-corrected chi connectivity index (χ1v) is 10.8. The predicted octanol–water partition coefficient (Wildman–Crippen LogP) is 3.81. The molecule has 0 aliphatic carbocycles. The number of rotatable bonds is 5. The number of aromatic nitrogens is 1. The van der Waals surface area contributed by atoms with Crippen LogP contribution >= 0.6 is 11.6 Å². The highest BCUT2D eigenvalue weighted by Crippen LogP contribution is 2.28. The quantitative estimate of drug-likeness (QED) is 0.351. The number of amides is 4. The zero-order valence-corrected chi connectivity index (χ0v) is 19.7. The van der Waals surface area contributed by atoms with Crippen molar-refractivity contribution in [3.8, 4) is 5.69 Å². The van der Waals surface area contributed by atoms with Crippen LogP contribution in [0.1, 0.15) is 37.7 Å².